The van der Waals surface area contributed by atoms with Gasteiger partial charge in [-0.1, -0.05) is 12.1 Å². The van der Waals surface area contributed by atoms with Crippen LogP contribution in [0.15, 0.2) is 45.9 Å². The minimum Gasteiger partial charge on any atom is -0.478 e. The number of carboxylic acid groups (broad SMARTS) is 1. The summed E-state index contributed by atoms with van der Waals surface area (Å²) >= 11 is 0. The number of nitrogens with zero attached hydrogens (tertiary/aromatic N) is 6. The average Bonchev–Trinajstić information content (AvgIpc) is 3.39. The number of piperidine rings is 2. The maximum Gasteiger partial charge on any atom is 0.335 e. The number of benzene rings is 1. The van der Waals surface area contributed by atoms with Gasteiger partial charge in [0.1, 0.15) is 11.5 Å². The van der Waals surface area contributed by atoms with Crippen molar-refractivity contribution in [2.45, 2.75) is 38.5 Å². The van der Waals surface area contributed by atoms with E-state index in [1.165, 1.54) is 12.8 Å². The summed E-state index contributed by atoms with van der Waals surface area (Å²) in [6, 6.07) is 10.2. The summed E-state index contributed by atoms with van der Waals surface area (Å²) in [7, 11) is 0. The second-order valence-corrected chi connectivity index (χ2v) is 8.81. The molecule has 0 atom stereocenters. The van der Waals surface area contributed by atoms with Gasteiger partial charge < -0.3 is 19.3 Å². The Kier molecular flexibility index (Phi) is 6.87. The van der Waals surface area contributed by atoms with E-state index in [4.69, 9.17) is 9.40 Å². The Morgan fingerprint density at radius 1 is 0.914 bits per heavy atom. The van der Waals surface area contributed by atoms with Crippen molar-refractivity contribution in [1.29, 1.82) is 0 Å². The van der Waals surface area contributed by atoms with Crippen LogP contribution in [0.1, 0.15) is 54.6 Å². The van der Waals surface area contributed by atoms with Crippen LogP contribution < -0.4 is 15.2 Å². The molecule has 0 unspecified atom stereocenters. The largest absolute Gasteiger partial charge is 0.478 e. The number of hydrogen-bond acceptors (Lipinski definition) is 9. The molecule has 10 heteroatoms. The first kappa shape index (κ1) is 22.8. The summed E-state index contributed by atoms with van der Waals surface area (Å²) in [5.74, 6) is 1.89. The third kappa shape index (κ3) is 5.59. The van der Waals surface area contributed by atoms with Crippen molar-refractivity contribution in [3.63, 3.8) is 0 Å². The van der Waals surface area contributed by atoms with Gasteiger partial charge in [0.25, 0.3) is 0 Å². The number of hydrazone groups is 1. The van der Waals surface area contributed by atoms with Crippen LogP contribution in [-0.4, -0.2) is 58.4 Å². The zero-order chi connectivity index (χ0) is 24.0. The van der Waals surface area contributed by atoms with Gasteiger partial charge in [-0.25, -0.2) is 10.2 Å². The van der Waals surface area contributed by atoms with Crippen LogP contribution in [0.3, 0.4) is 0 Å². The van der Waals surface area contributed by atoms with E-state index in [2.05, 4.69) is 30.3 Å². The molecule has 35 heavy (non-hydrogen) atoms. The summed E-state index contributed by atoms with van der Waals surface area (Å²) in [4.78, 5) is 29.7. The summed E-state index contributed by atoms with van der Waals surface area (Å²) in [6.45, 7) is 3.80. The van der Waals surface area contributed by atoms with Gasteiger partial charge in [-0.05, 0) is 62.8 Å². The molecule has 0 saturated carbocycles. The first-order chi connectivity index (χ1) is 17.2. The summed E-state index contributed by atoms with van der Waals surface area (Å²) in [5, 5.41) is 13.5. The Morgan fingerprint density at radius 3 is 2.20 bits per heavy atom. The van der Waals surface area contributed by atoms with Crippen molar-refractivity contribution < 1.29 is 14.3 Å². The van der Waals surface area contributed by atoms with Crippen LogP contribution in [0.25, 0.3) is 11.3 Å². The molecular weight excluding hydrogens is 446 g/mol. The lowest BCUT2D eigenvalue weighted by molar-refractivity contribution is 0.0697. The average molecular weight is 476 g/mol. The lowest BCUT2D eigenvalue weighted by atomic mass is 10.1. The van der Waals surface area contributed by atoms with Gasteiger partial charge in [-0.15, -0.1) is 0 Å². The number of carboxylic acids is 1. The lowest BCUT2D eigenvalue weighted by Crippen LogP contribution is -2.34. The number of aromatic carboxylic acids is 1. The summed E-state index contributed by atoms with van der Waals surface area (Å²) in [6.07, 6.45) is 8.59. The van der Waals surface area contributed by atoms with Gasteiger partial charge in [-0.3, -0.25) is 0 Å². The van der Waals surface area contributed by atoms with E-state index in [0.717, 1.165) is 51.9 Å². The van der Waals surface area contributed by atoms with Gasteiger partial charge in [0, 0.05) is 31.7 Å². The third-order valence-electron chi connectivity index (χ3n) is 6.27. The van der Waals surface area contributed by atoms with Crippen LogP contribution >= 0.6 is 0 Å². The van der Waals surface area contributed by atoms with Crippen molar-refractivity contribution in [2.75, 3.05) is 41.4 Å². The summed E-state index contributed by atoms with van der Waals surface area (Å²) in [5.41, 5.74) is 3.84. The number of furan rings is 1. The predicted molar refractivity (Wildman–Crippen MR) is 134 cm³/mol. The molecule has 0 bridgehead atoms. The molecule has 0 spiro atoms. The molecule has 5 rings (SSSR count). The molecule has 2 aromatic heterocycles. The number of aromatic nitrogens is 3. The molecule has 182 valence electrons. The Balaban J connectivity index is 1.32. The van der Waals surface area contributed by atoms with Gasteiger partial charge in [-0.2, -0.15) is 20.1 Å². The SMILES string of the molecule is O=C(O)c1cccc(-c2ccc(C=NNc3nc(N4CCCCC4)nc(N4CCCCC4)n3)o2)c1. The van der Waals surface area contributed by atoms with Gasteiger partial charge >= 0.3 is 5.97 Å². The first-order valence-electron chi connectivity index (χ1n) is 12.1. The van der Waals surface area contributed by atoms with Crippen molar-refractivity contribution in [3.8, 4) is 11.3 Å². The van der Waals surface area contributed by atoms with E-state index in [0.29, 0.717) is 34.9 Å². The minimum absolute atomic E-state index is 0.208. The second-order valence-electron chi connectivity index (χ2n) is 8.81. The molecule has 0 amide bonds. The topological polar surface area (TPSA) is 120 Å². The van der Waals surface area contributed by atoms with Gasteiger partial charge in [0.2, 0.25) is 17.8 Å². The molecule has 4 heterocycles. The highest BCUT2D eigenvalue weighted by atomic mass is 16.4. The zero-order valence-corrected chi connectivity index (χ0v) is 19.6. The van der Waals surface area contributed by atoms with Crippen LogP contribution in [0.4, 0.5) is 17.8 Å². The van der Waals surface area contributed by atoms with E-state index < -0.39 is 5.97 Å². The molecule has 2 N–H and O–H groups in total. The third-order valence-corrected chi connectivity index (χ3v) is 6.27. The van der Waals surface area contributed by atoms with Crippen LogP contribution in [0.5, 0.6) is 0 Å². The maximum absolute atomic E-state index is 11.2. The quantitative estimate of drug-likeness (QED) is 0.381. The fourth-order valence-electron chi connectivity index (χ4n) is 4.41. The normalized spacial score (nSPS) is 16.6. The lowest BCUT2D eigenvalue weighted by Gasteiger charge is -2.30. The zero-order valence-electron chi connectivity index (χ0n) is 19.6. The molecule has 2 aliphatic heterocycles. The highest BCUT2D eigenvalue weighted by Crippen LogP contribution is 2.24. The van der Waals surface area contributed by atoms with E-state index in [1.807, 2.05) is 0 Å². The summed E-state index contributed by atoms with van der Waals surface area (Å²) < 4.78 is 5.83. The molecular formula is C25H29N7O3. The Morgan fingerprint density at radius 2 is 1.57 bits per heavy atom. The van der Waals surface area contributed by atoms with E-state index in [9.17, 15) is 9.90 Å². The maximum atomic E-state index is 11.2. The fraction of sp³-hybridized carbons (Fsp3) is 0.400. The molecule has 2 fully saturated rings. The van der Waals surface area contributed by atoms with E-state index in [-0.39, 0.29) is 5.56 Å². The highest BCUT2D eigenvalue weighted by molar-refractivity contribution is 5.89. The number of nitrogens with one attached hydrogen (secondary N) is 1. The van der Waals surface area contributed by atoms with Crippen molar-refractivity contribution >= 4 is 30.0 Å². The number of rotatable bonds is 7. The predicted octanol–water partition coefficient (Wildman–Crippen LogP) is 4.26. The smallest absolute Gasteiger partial charge is 0.335 e. The van der Waals surface area contributed by atoms with Crippen molar-refractivity contribution in [1.82, 2.24) is 15.0 Å². The van der Waals surface area contributed by atoms with Crippen LogP contribution in [0.2, 0.25) is 0 Å². The Bertz CT molecular complexity index is 1160. The van der Waals surface area contributed by atoms with Crippen molar-refractivity contribution in [2.24, 2.45) is 5.10 Å². The molecule has 2 aliphatic rings. The van der Waals surface area contributed by atoms with E-state index >= 15 is 0 Å². The molecule has 1 aromatic carbocycles. The molecule has 0 radical (unpaired) electrons. The molecule has 3 aromatic rings. The van der Waals surface area contributed by atoms with Gasteiger partial charge in [0.15, 0.2) is 0 Å². The van der Waals surface area contributed by atoms with Crippen LogP contribution in [0, 0.1) is 0 Å². The monoisotopic (exact) mass is 475 g/mol. The number of anilines is 3. The number of carbonyl (C=O) groups is 1. The van der Waals surface area contributed by atoms with Gasteiger partial charge in [0.05, 0.1) is 11.8 Å². The minimum atomic E-state index is -0.977. The first-order valence-corrected chi connectivity index (χ1v) is 12.1. The molecule has 10 nitrogen and oxygen atoms in total. The molecule has 0 aliphatic carbocycles. The fourth-order valence-corrected chi connectivity index (χ4v) is 4.41. The Labute approximate surface area is 203 Å². The van der Waals surface area contributed by atoms with E-state index in [1.54, 1.807) is 42.6 Å². The number of hydrogen-bond donors (Lipinski definition) is 2. The standard InChI is InChI=1S/C25H29N7O3/c33-22(34)19-9-7-8-18(16-19)21-11-10-20(35-21)17-26-30-23-27-24(31-12-3-1-4-13-31)29-25(28-23)32-14-5-2-6-15-32/h7-11,16-17H,1-6,12-15H2,(H,33,34)(H,27,28,29,30). The Hall–Kier alpha value is -3.95. The van der Waals surface area contributed by atoms with Crippen molar-refractivity contribution in [3.05, 3.63) is 47.7 Å². The molecule has 2 saturated heterocycles. The second kappa shape index (κ2) is 10.5. The van der Waals surface area contributed by atoms with Crippen LogP contribution in [-0.2, 0) is 0 Å². The highest BCUT2D eigenvalue weighted by Gasteiger charge is 2.20.